The van der Waals surface area contributed by atoms with Crippen LogP contribution in [0.25, 0.3) is 0 Å². The van der Waals surface area contributed by atoms with Gasteiger partial charge in [-0.25, -0.2) is 4.79 Å². The van der Waals surface area contributed by atoms with Gasteiger partial charge in [-0.1, -0.05) is 94.7 Å². The number of hydrogen-bond donors (Lipinski definition) is 1. The molecule has 10 atom stereocenters. The highest BCUT2D eigenvalue weighted by Crippen LogP contribution is 2.85. The highest BCUT2D eigenvalue weighted by Gasteiger charge is 3.04. The second-order valence-corrected chi connectivity index (χ2v) is 22.5. The van der Waals surface area contributed by atoms with Gasteiger partial charge in [-0.3, -0.25) is 4.79 Å². The molecule has 10 rings (SSSR count). The number of allylic oxidation sites excluding steroid dienone is 4. The third-order valence-corrected chi connectivity index (χ3v) is 20.9. The van der Waals surface area contributed by atoms with Crippen LogP contribution in [0.4, 0.5) is 0 Å². The minimum Gasteiger partial charge on any atom is -0.462 e. The molecule has 4 aliphatic heterocycles. The van der Waals surface area contributed by atoms with Gasteiger partial charge in [0.15, 0.2) is 11.2 Å². The maximum atomic E-state index is 13.4. The summed E-state index contributed by atoms with van der Waals surface area (Å²) >= 11 is 0. The average molecular weight is 794 g/mol. The summed E-state index contributed by atoms with van der Waals surface area (Å²) in [5.41, 5.74) is -2.24. The number of carbonyl (C=O) groups excluding carboxylic acids is 2. The number of cyclic esters (lactones) is 1. The van der Waals surface area contributed by atoms with E-state index in [1.807, 2.05) is 0 Å². The summed E-state index contributed by atoms with van der Waals surface area (Å²) in [5.74, 6) is -0.453. The number of carbonyl (C=O) groups is 2. The van der Waals surface area contributed by atoms with Crippen LogP contribution in [0.1, 0.15) is 91.4 Å². The predicted octanol–water partition coefficient (Wildman–Crippen LogP) is 7.30. The van der Waals surface area contributed by atoms with E-state index in [1.165, 1.54) is 29.6 Å². The Morgan fingerprint density at radius 3 is 2.28 bits per heavy atom. The van der Waals surface area contributed by atoms with E-state index in [0.29, 0.717) is 31.5 Å². The topological polar surface area (TPSA) is 110 Å². The molecule has 9 heteroatoms. The molecule has 3 saturated heterocycles. The molecule has 2 saturated carbocycles. The molecule has 5 fully saturated rings. The van der Waals surface area contributed by atoms with Crippen LogP contribution in [0.3, 0.4) is 0 Å². The number of epoxide rings is 3. The van der Waals surface area contributed by atoms with Crippen molar-refractivity contribution in [2.24, 2.45) is 17.3 Å². The maximum Gasteiger partial charge on any atom is 0.334 e. The molecule has 302 valence electrons. The van der Waals surface area contributed by atoms with Gasteiger partial charge in [0.05, 0.1) is 30.1 Å². The normalized spacial score (nSPS) is 39.0. The van der Waals surface area contributed by atoms with E-state index < -0.39 is 29.7 Å². The molecule has 2 spiro atoms. The molecule has 2 aromatic carbocycles. The van der Waals surface area contributed by atoms with Crippen molar-refractivity contribution in [1.82, 2.24) is 0 Å². The summed E-state index contributed by atoms with van der Waals surface area (Å²) in [5, 5.41) is 16.0. The molecule has 0 aromatic heterocycles. The summed E-state index contributed by atoms with van der Waals surface area (Å²) in [6.45, 7) is 6.53. The summed E-state index contributed by atoms with van der Waals surface area (Å²) in [4.78, 5) is 25.9. The van der Waals surface area contributed by atoms with Crippen molar-refractivity contribution in [3.63, 3.8) is 0 Å². The number of esters is 2. The summed E-state index contributed by atoms with van der Waals surface area (Å²) in [6.07, 6.45) is 19.3. The zero-order chi connectivity index (χ0) is 39.3. The van der Waals surface area contributed by atoms with E-state index >= 15 is 0 Å². The molecule has 1 N–H and O–H groups in total. The lowest BCUT2D eigenvalue weighted by molar-refractivity contribution is -0.197. The number of unbranched alkanes of at least 4 members (excludes halogenated alkanes) is 5. The van der Waals surface area contributed by atoms with Gasteiger partial charge in [0.1, 0.15) is 42.3 Å². The van der Waals surface area contributed by atoms with E-state index in [0.717, 1.165) is 49.7 Å². The Morgan fingerprint density at radius 2 is 1.60 bits per heavy atom. The monoisotopic (exact) mass is 793 g/mol. The first-order valence-corrected chi connectivity index (χ1v) is 23.8. The molecule has 1 unspecified atom stereocenters. The van der Waals surface area contributed by atoms with Crippen LogP contribution >= 0.6 is 7.26 Å². The fraction of sp³-hybridized carbons (Fsp3) is 0.583. The van der Waals surface area contributed by atoms with Crippen molar-refractivity contribution in [3.8, 4) is 0 Å². The number of hydrogen-bond acceptors (Lipinski definition) is 8. The van der Waals surface area contributed by atoms with Crippen LogP contribution in [0.5, 0.6) is 0 Å². The lowest BCUT2D eigenvalue weighted by Gasteiger charge is -2.56. The third-order valence-electron chi connectivity index (χ3n) is 15.9. The summed E-state index contributed by atoms with van der Waals surface area (Å²) in [7, 11) is -1.68. The lowest BCUT2D eigenvalue weighted by Crippen LogP contribution is -2.76. The molecular formula is C48H58O8P+. The van der Waals surface area contributed by atoms with Gasteiger partial charge in [0.2, 0.25) is 0 Å². The van der Waals surface area contributed by atoms with Crippen molar-refractivity contribution in [2.75, 3.05) is 19.4 Å². The molecule has 8 nitrogen and oxygen atoms in total. The average Bonchev–Trinajstić information content (AvgIpc) is 4.16. The summed E-state index contributed by atoms with van der Waals surface area (Å²) < 4.78 is 31.6. The Kier molecular flexibility index (Phi) is 9.16. The Hall–Kier alpha value is -3.13. The van der Waals surface area contributed by atoms with Crippen molar-refractivity contribution >= 4 is 29.8 Å². The second-order valence-electron chi connectivity index (χ2n) is 18.7. The van der Waals surface area contributed by atoms with Crippen LogP contribution in [-0.4, -0.2) is 82.8 Å². The SMILES string of the molecule is CC(C)[C@]12O[C@H]1[C@@H]1O[C@]13[C@]1(O[C@H]1C[C@H]1C4=C(CC[C@@]13C)C(=O)OC4)[C@]2(O)COC(=O)CCCCCCCC[P+](c1ccccc1)(c1ccccc1)C1C=CC=CC1. The van der Waals surface area contributed by atoms with E-state index in [-0.39, 0.29) is 54.1 Å². The molecule has 4 aliphatic carbocycles. The quantitative estimate of drug-likeness (QED) is 0.0867. The number of fused-ring (bicyclic) bond motifs is 4. The van der Waals surface area contributed by atoms with E-state index in [1.54, 1.807) is 0 Å². The molecule has 2 aromatic rings. The minimum absolute atomic E-state index is 0.0386. The predicted molar refractivity (Wildman–Crippen MR) is 220 cm³/mol. The van der Waals surface area contributed by atoms with Gasteiger partial charge in [-0.15, -0.1) is 0 Å². The molecule has 0 radical (unpaired) electrons. The molecule has 0 bridgehead atoms. The number of ether oxygens (including phenoxy) is 5. The Balaban J connectivity index is 0.757. The van der Waals surface area contributed by atoms with Gasteiger partial charge < -0.3 is 28.8 Å². The van der Waals surface area contributed by atoms with Crippen molar-refractivity contribution in [2.45, 2.75) is 138 Å². The zero-order valence-corrected chi connectivity index (χ0v) is 34.6. The van der Waals surface area contributed by atoms with E-state index in [4.69, 9.17) is 23.7 Å². The van der Waals surface area contributed by atoms with Gasteiger partial charge in [0, 0.05) is 23.8 Å². The van der Waals surface area contributed by atoms with Gasteiger partial charge in [-0.2, -0.15) is 0 Å². The Morgan fingerprint density at radius 1 is 0.895 bits per heavy atom. The number of benzene rings is 2. The minimum atomic E-state index is -1.68. The van der Waals surface area contributed by atoms with Crippen molar-refractivity contribution in [1.29, 1.82) is 0 Å². The Bertz CT molecular complexity index is 1970. The second kappa shape index (κ2) is 13.7. The lowest BCUT2D eigenvalue weighted by atomic mass is 9.44. The smallest absolute Gasteiger partial charge is 0.334 e. The molecule has 57 heavy (non-hydrogen) atoms. The van der Waals surface area contributed by atoms with Crippen LogP contribution in [0.2, 0.25) is 0 Å². The standard InChI is InChI=1S/C48H58O8P/c1-32(2)46-41(55-46)42-48(56-42)44(3)27-26-36-37(30-52-43(36)50)38(44)29-39-47(48,54-39)45(46,51)31-53-40(49)25-17-6-4-5-7-18-28-57(33-19-11-8-12-20-33,34-21-13-9-14-22-34)35-23-15-10-16-24-35/h8-16,19-23,32,35,38-39,41-42,51H,4-7,17-18,24-31H2,1-3H3/q+1/t35?,38-,39-,41-,42-,44-,45-,46-,47+,48+/m0/s1. The van der Waals surface area contributed by atoms with Gasteiger partial charge in [0.25, 0.3) is 0 Å². The number of aliphatic hydroxyl groups is 1. The number of rotatable bonds is 15. The molecule has 0 amide bonds. The van der Waals surface area contributed by atoms with E-state index in [9.17, 15) is 14.7 Å². The van der Waals surface area contributed by atoms with Crippen molar-refractivity contribution in [3.05, 3.63) is 96.1 Å². The van der Waals surface area contributed by atoms with Gasteiger partial charge >= 0.3 is 11.9 Å². The largest absolute Gasteiger partial charge is 0.462 e. The first-order valence-electron chi connectivity index (χ1n) is 21.7. The third kappa shape index (κ3) is 5.16. The van der Waals surface area contributed by atoms with Crippen molar-refractivity contribution < 1.29 is 38.4 Å². The fourth-order valence-electron chi connectivity index (χ4n) is 13.1. The fourth-order valence-corrected chi connectivity index (χ4v) is 18.1. The molecule has 4 heterocycles. The summed E-state index contributed by atoms with van der Waals surface area (Å²) in [6, 6.07) is 22.5. The van der Waals surface area contributed by atoms with Gasteiger partial charge in [-0.05, 0) is 86.3 Å². The highest BCUT2D eigenvalue weighted by molar-refractivity contribution is 7.90. The molecule has 8 aliphatic rings. The first-order chi connectivity index (χ1) is 27.6. The van der Waals surface area contributed by atoms with Crippen LogP contribution in [0.15, 0.2) is 96.1 Å². The van der Waals surface area contributed by atoms with E-state index in [2.05, 4.69) is 106 Å². The van der Waals surface area contributed by atoms with Crippen LogP contribution in [0, 0.1) is 17.3 Å². The Labute approximate surface area is 337 Å². The van der Waals surface area contributed by atoms with Crippen LogP contribution < -0.4 is 10.6 Å². The first kappa shape index (κ1) is 38.1. The zero-order valence-electron chi connectivity index (χ0n) is 33.7. The molecular weight excluding hydrogens is 735 g/mol. The highest BCUT2D eigenvalue weighted by atomic mass is 31.2. The maximum absolute atomic E-state index is 13.4. The van der Waals surface area contributed by atoms with Crippen LogP contribution in [-0.2, 0) is 33.3 Å².